The molecule has 4 nitrogen and oxygen atoms in total. The number of hydrogen-bond acceptors (Lipinski definition) is 3. The van der Waals surface area contributed by atoms with Crippen LogP contribution in [0, 0.1) is 6.92 Å². The highest BCUT2D eigenvalue weighted by molar-refractivity contribution is 6.05. The van der Waals surface area contributed by atoms with Crippen molar-refractivity contribution < 1.29 is 14.3 Å². The van der Waals surface area contributed by atoms with Crippen molar-refractivity contribution in [3.63, 3.8) is 0 Å². The zero-order valence-corrected chi connectivity index (χ0v) is 14.2. The Balaban J connectivity index is 1.79. The van der Waals surface area contributed by atoms with Gasteiger partial charge in [-0.1, -0.05) is 24.3 Å². The number of aryl methyl sites for hydroxylation is 1. The molecule has 0 aliphatic heterocycles. The second-order valence-electron chi connectivity index (χ2n) is 5.60. The first-order valence-corrected chi connectivity index (χ1v) is 7.94. The van der Waals surface area contributed by atoms with Crippen molar-refractivity contribution in [2.45, 2.75) is 6.92 Å². The Kier molecular flexibility index (Phi) is 5.00. The Morgan fingerprint density at radius 1 is 0.880 bits per heavy atom. The van der Waals surface area contributed by atoms with E-state index in [-0.39, 0.29) is 5.91 Å². The molecule has 4 heteroatoms. The summed E-state index contributed by atoms with van der Waals surface area (Å²) in [7, 11) is 1.59. The van der Waals surface area contributed by atoms with E-state index in [1.54, 1.807) is 31.4 Å². The summed E-state index contributed by atoms with van der Waals surface area (Å²) in [5.74, 6) is 1.82. The van der Waals surface area contributed by atoms with Gasteiger partial charge in [0.1, 0.15) is 11.5 Å². The molecule has 0 bridgehead atoms. The van der Waals surface area contributed by atoms with Gasteiger partial charge < -0.3 is 14.8 Å². The molecular formula is C21H19NO3. The molecule has 3 aromatic carbocycles. The lowest BCUT2D eigenvalue weighted by Gasteiger charge is -2.12. The van der Waals surface area contributed by atoms with Crippen LogP contribution in [0.1, 0.15) is 15.9 Å². The molecule has 0 radical (unpaired) electrons. The molecule has 25 heavy (non-hydrogen) atoms. The van der Waals surface area contributed by atoms with Crippen molar-refractivity contribution >= 4 is 11.6 Å². The largest absolute Gasteiger partial charge is 0.497 e. The van der Waals surface area contributed by atoms with Crippen LogP contribution in [0.25, 0.3) is 0 Å². The highest BCUT2D eigenvalue weighted by Crippen LogP contribution is 2.30. The number of anilines is 1. The summed E-state index contributed by atoms with van der Waals surface area (Å²) >= 11 is 0. The average molecular weight is 333 g/mol. The maximum atomic E-state index is 12.5. The fourth-order valence-electron chi connectivity index (χ4n) is 2.40. The summed E-state index contributed by atoms with van der Waals surface area (Å²) in [5, 5.41) is 2.89. The Morgan fingerprint density at radius 2 is 1.64 bits per heavy atom. The lowest BCUT2D eigenvalue weighted by atomic mass is 10.2. The van der Waals surface area contributed by atoms with Gasteiger partial charge in [-0.2, -0.15) is 0 Å². The monoisotopic (exact) mass is 333 g/mol. The molecule has 0 unspecified atom stereocenters. The van der Waals surface area contributed by atoms with Gasteiger partial charge in [-0.25, -0.2) is 0 Å². The van der Waals surface area contributed by atoms with Crippen LogP contribution in [-0.4, -0.2) is 13.0 Å². The Labute approximate surface area is 147 Å². The minimum Gasteiger partial charge on any atom is -0.497 e. The number of nitrogens with one attached hydrogen (secondary N) is 1. The molecule has 0 aliphatic carbocycles. The minimum absolute atomic E-state index is 0.206. The van der Waals surface area contributed by atoms with Gasteiger partial charge in [0.05, 0.1) is 12.8 Å². The lowest BCUT2D eigenvalue weighted by Crippen LogP contribution is -2.12. The molecule has 0 saturated carbocycles. The average Bonchev–Trinajstić information content (AvgIpc) is 2.63. The normalized spacial score (nSPS) is 10.2. The van der Waals surface area contributed by atoms with Crippen molar-refractivity contribution in [3.05, 3.63) is 83.9 Å². The first kappa shape index (κ1) is 16.6. The van der Waals surface area contributed by atoms with Gasteiger partial charge in [-0.15, -0.1) is 0 Å². The third-order valence-corrected chi connectivity index (χ3v) is 3.70. The summed E-state index contributed by atoms with van der Waals surface area (Å²) < 4.78 is 11.0. The van der Waals surface area contributed by atoms with Crippen molar-refractivity contribution in [3.8, 4) is 17.2 Å². The number of carbonyl (C=O) groups is 1. The summed E-state index contributed by atoms with van der Waals surface area (Å²) in [5.41, 5.74) is 2.27. The highest BCUT2D eigenvalue weighted by atomic mass is 16.5. The van der Waals surface area contributed by atoms with E-state index in [9.17, 15) is 4.79 Å². The van der Waals surface area contributed by atoms with E-state index in [0.717, 1.165) is 11.3 Å². The molecule has 3 rings (SSSR count). The second-order valence-corrected chi connectivity index (χ2v) is 5.60. The maximum Gasteiger partial charge on any atom is 0.255 e. The van der Waals surface area contributed by atoms with Crippen LogP contribution in [0.2, 0.25) is 0 Å². The molecule has 0 aliphatic rings. The molecule has 0 spiro atoms. The maximum absolute atomic E-state index is 12.5. The lowest BCUT2D eigenvalue weighted by molar-refractivity contribution is 0.102. The van der Waals surface area contributed by atoms with E-state index in [1.165, 1.54) is 0 Å². The number of rotatable bonds is 5. The highest BCUT2D eigenvalue weighted by Gasteiger charge is 2.10. The van der Waals surface area contributed by atoms with E-state index < -0.39 is 0 Å². The van der Waals surface area contributed by atoms with Gasteiger partial charge in [0.25, 0.3) is 5.91 Å². The van der Waals surface area contributed by atoms with E-state index >= 15 is 0 Å². The van der Waals surface area contributed by atoms with E-state index in [4.69, 9.17) is 9.47 Å². The van der Waals surface area contributed by atoms with Gasteiger partial charge in [0.2, 0.25) is 0 Å². The van der Waals surface area contributed by atoms with Crippen LogP contribution in [0.3, 0.4) is 0 Å². The molecule has 126 valence electrons. The number of methoxy groups -OCH3 is 1. The standard InChI is InChI=1S/C21H19NO3/c1-15-6-5-7-18(14-15)25-20-9-4-3-8-19(20)22-21(23)16-10-12-17(24-2)13-11-16/h3-14H,1-2H3,(H,22,23). The molecule has 0 saturated heterocycles. The quantitative estimate of drug-likeness (QED) is 0.711. The zero-order valence-electron chi connectivity index (χ0n) is 14.2. The van der Waals surface area contributed by atoms with Crippen molar-refractivity contribution in [2.75, 3.05) is 12.4 Å². The van der Waals surface area contributed by atoms with Crippen molar-refractivity contribution in [1.82, 2.24) is 0 Å². The molecule has 0 atom stereocenters. The van der Waals surface area contributed by atoms with Gasteiger partial charge in [-0.3, -0.25) is 4.79 Å². The Hall–Kier alpha value is -3.27. The second kappa shape index (κ2) is 7.53. The first-order valence-electron chi connectivity index (χ1n) is 7.94. The first-order chi connectivity index (χ1) is 12.2. The summed E-state index contributed by atoms with van der Waals surface area (Å²) in [6.07, 6.45) is 0. The van der Waals surface area contributed by atoms with E-state index in [2.05, 4.69) is 5.32 Å². The number of amides is 1. The van der Waals surface area contributed by atoms with Gasteiger partial charge in [0, 0.05) is 5.56 Å². The van der Waals surface area contributed by atoms with Crippen LogP contribution < -0.4 is 14.8 Å². The van der Waals surface area contributed by atoms with Gasteiger partial charge in [0.15, 0.2) is 5.75 Å². The van der Waals surface area contributed by atoms with Crippen molar-refractivity contribution in [1.29, 1.82) is 0 Å². The Bertz CT molecular complexity index is 872. The number of hydrogen-bond donors (Lipinski definition) is 1. The number of carbonyl (C=O) groups excluding carboxylic acids is 1. The van der Waals surface area contributed by atoms with Crippen LogP contribution in [-0.2, 0) is 0 Å². The van der Waals surface area contributed by atoms with Gasteiger partial charge in [-0.05, 0) is 61.0 Å². The zero-order chi connectivity index (χ0) is 17.6. The van der Waals surface area contributed by atoms with E-state index in [0.29, 0.717) is 22.7 Å². The van der Waals surface area contributed by atoms with Crippen LogP contribution in [0.5, 0.6) is 17.2 Å². The number of benzene rings is 3. The molecule has 3 aromatic rings. The van der Waals surface area contributed by atoms with Crippen LogP contribution >= 0.6 is 0 Å². The summed E-state index contributed by atoms with van der Waals surface area (Å²) in [6.45, 7) is 2.00. The van der Waals surface area contributed by atoms with E-state index in [1.807, 2.05) is 55.5 Å². The minimum atomic E-state index is -0.206. The number of para-hydroxylation sites is 2. The molecular weight excluding hydrogens is 314 g/mol. The number of ether oxygens (including phenoxy) is 2. The molecule has 0 aromatic heterocycles. The fourth-order valence-corrected chi connectivity index (χ4v) is 2.40. The molecule has 0 fully saturated rings. The predicted octanol–water partition coefficient (Wildman–Crippen LogP) is 5.05. The van der Waals surface area contributed by atoms with Crippen molar-refractivity contribution in [2.24, 2.45) is 0 Å². The molecule has 0 heterocycles. The fraction of sp³-hybridized carbons (Fsp3) is 0.0952. The molecule has 1 amide bonds. The summed E-state index contributed by atoms with van der Waals surface area (Å²) in [6, 6.07) is 22.1. The SMILES string of the molecule is COc1ccc(C(=O)Nc2ccccc2Oc2cccc(C)c2)cc1. The van der Waals surface area contributed by atoms with Crippen LogP contribution in [0.15, 0.2) is 72.8 Å². The van der Waals surface area contributed by atoms with Crippen LogP contribution in [0.4, 0.5) is 5.69 Å². The van der Waals surface area contributed by atoms with Gasteiger partial charge >= 0.3 is 0 Å². The predicted molar refractivity (Wildman–Crippen MR) is 98.6 cm³/mol. The molecule has 1 N–H and O–H groups in total. The third-order valence-electron chi connectivity index (χ3n) is 3.70. The Morgan fingerprint density at radius 3 is 2.36 bits per heavy atom. The topological polar surface area (TPSA) is 47.6 Å². The summed E-state index contributed by atoms with van der Waals surface area (Å²) in [4.78, 5) is 12.5. The smallest absolute Gasteiger partial charge is 0.255 e. The third kappa shape index (κ3) is 4.18.